The van der Waals surface area contributed by atoms with Crippen molar-refractivity contribution in [3.8, 4) is 0 Å². The van der Waals surface area contributed by atoms with Crippen LogP contribution < -0.4 is 10.6 Å². The normalized spacial score (nSPS) is 16.0. The van der Waals surface area contributed by atoms with Gasteiger partial charge in [-0.3, -0.25) is 14.4 Å². The lowest BCUT2D eigenvalue weighted by atomic mass is 9.99. The number of anilines is 1. The van der Waals surface area contributed by atoms with Crippen LogP contribution in [0.4, 0.5) is 5.69 Å². The molecule has 0 bridgehead atoms. The average Bonchev–Trinajstić information content (AvgIpc) is 3.04. The number of carbonyl (C=O) groups excluding carboxylic acids is 1. The zero-order valence-electron chi connectivity index (χ0n) is 18.0. The van der Waals surface area contributed by atoms with Gasteiger partial charge >= 0.3 is 5.69 Å². The third-order valence-corrected chi connectivity index (χ3v) is 6.63. The maximum atomic E-state index is 13.4. The van der Waals surface area contributed by atoms with Crippen molar-refractivity contribution in [3.05, 3.63) is 97.9 Å². The molecule has 1 aromatic heterocycles. The van der Waals surface area contributed by atoms with E-state index in [9.17, 15) is 9.59 Å². The number of benzene rings is 3. The molecule has 33 heavy (non-hydrogen) atoms. The van der Waals surface area contributed by atoms with Crippen molar-refractivity contribution in [1.29, 1.82) is 0 Å². The summed E-state index contributed by atoms with van der Waals surface area (Å²) in [5.41, 5.74) is 5.02. The van der Waals surface area contributed by atoms with Gasteiger partial charge in [0.1, 0.15) is 6.04 Å². The number of halogens is 2. The minimum atomic E-state index is -0.679. The highest BCUT2D eigenvalue weighted by atomic mass is 35.5. The molecule has 166 valence electrons. The van der Waals surface area contributed by atoms with E-state index in [2.05, 4.69) is 4.98 Å². The quantitative estimate of drug-likeness (QED) is 0.467. The number of nitrogens with one attached hydrogen (secondary N) is 1. The van der Waals surface area contributed by atoms with E-state index >= 15 is 0 Å². The summed E-state index contributed by atoms with van der Waals surface area (Å²) in [6.07, 6.45) is 0.360. The van der Waals surface area contributed by atoms with E-state index in [4.69, 9.17) is 28.2 Å². The van der Waals surface area contributed by atoms with Crippen molar-refractivity contribution >= 4 is 51.5 Å². The van der Waals surface area contributed by atoms with Gasteiger partial charge in [0.15, 0.2) is 0 Å². The van der Waals surface area contributed by atoms with Crippen LogP contribution in [0.1, 0.15) is 16.7 Å². The van der Waals surface area contributed by atoms with Gasteiger partial charge in [-0.05, 0) is 42.0 Å². The van der Waals surface area contributed by atoms with Gasteiger partial charge < -0.3 is 9.88 Å². The van der Waals surface area contributed by atoms with Crippen LogP contribution >= 0.6 is 23.2 Å². The number of carbonyl (C=O) groups is 1. The van der Waals surface area contributed by atoms with Crippen LogP contribution in [0.25, 0.3) is 11.0 Å². The molecule has 1 unspecified atom stereocenters. The van der Waals surface area contributed by atoms with Crippen LogP contribution in [0, 0.1) is 0 Å². The number of imidazole rings is 1. The number of aryl methyl sites for hydroxylation is 1. The fraction of sp³-hybridized carbons (Fsp3) is 0.160. The van der Waals surface area contributed by atoms with E-state index in [0.717, 1.165) is 27.7 Å². The number of likely N-dealkylation sites (N-methyl/N-ethyl adjacent to an activating group) is 1. The van der Waals surface area contributed by atoms with Gasteiger partial charge in [-0.25, -0.2) is 4.79 Å². The van der Waals surface area contributed by atoms with Crippen LogP contribution in [-0.4, -0.2) is 34.3 Å². The third-order valence-electron chi connectivity index (χ3n) is 6.03. The Balaban J connectivity index is 1.72. The number of nitrogens with zero attached hydrogens (tertiary/aromatic N) is 3. The van der Waals surface area contributed by atoms with Gasteiger partial charge in [0.25, 0.3) is 5.91 Å². The summed E-state index contributed by atoms with van der Waals surface area (Å²) in [4.78, 5) is 34.9. The van der Waals surface area contributed by atoms with Gasteiger partial charge in [0.2, 0.25) is 0 Å². The Hall–Kier alpha value is -3.35. The number of benzodiazepines with no additional fused rings is 1. The van der Waals surface area contributed by atoms with Crippen molar-refractivity contribution in [2.24, 2.45) is 12.0 Å². The summed E-state index contributed by atoms with van der Waals surface area (Å²) < 4.78 is 1.55. The second-order valence-corrected chi connectivity index (χ2v) is 8.91. The summed E-state index contributed by atoms with van der Waals surface area (Å²) >= 11 is 12.7. The first kappa shape index (κ1) is 21.5. The maximum Gasteiger partial charge on any atom is 0.326 e. The highest BCUT2D eigenvalue weighted by Crippen LogP contribution is 2.32. The van der Waals surface area contributed by atoms with Gasteiger partial charge in [0.05, 0.1) is 22.4 Å². The number of H-pyrrole nitrogens is 1. The van der Waals surface area contributed by atoms with Crippen molar-refractivity contribution < 1.29 is 4.79 Å². The summed E-state index contributed by atoms with van der Waals surface area (Å²) in [7, 11) is 3.45. The smallest absolute Gasteiger partial charge is 0.313 e. The molecule has 1 N–H and O–H groups in total. The average molecular weight is 479 g/mol. The molecular weight excluding hydrogens is 459 g/mol. The first-order chi connectivity index (χ1) is 15.8. The Labute approximate surface area is 200 Å². The highest BCUT2D eigenvalue weighted by molar-refractivity contribution is 6.32. The Bertz CT molecular complexity index is 1500. The van der Waals surface area contributed by atoms with Crippen LogP contribution in [0.3, 0.4) is 0 Å². The molecule has 8 heteroatoms. The lowest BCUT2D eigenvalue weighted by Crippen LogP contribution is -2.36. The number of hydrogen-bond acceptors (Lipinski definition) is 3. The lowest BCUT2D eigenvalue weighted by Gasteiger charge is -2.21. The summed E-state index contributed by atoms with van der Waals surface area (Å²) in [5, 5.41) is 1.14. The van der Waals surface area contributed by atoms with Crippen molar-refractivity contribution in [3.63, 3.8) is 0 Å². The molecule has 1 aliphatic heterocycles. The summed E-state index contributed by atoms with van der Waals surface area (Å²) in [6, 6.07) is 17.8. The number of aromatic amines is 1. The maximum absolute atomic E-state index is 13.4. The number of amides is 1. The van der Waals surface area contributed by atoms with Crippen molar-refractivity contribution in [2.45, 2.75) is 12.5 Å². The molecule has 1 aliphatic rings. The molecule has 0 aliphatic carbocycles. The Morgan fingerprint density at radius 1 is 1.00 bits per heavy atom. The number of aromatic nitrogens is 2. The van der Waals surface area contributed by atoms with Crippen LogP contribution in [0.2, 0.25) is 10.0 Å². The second kappa shape index (κ2) is 8.21. The minimum absolute atomic E-state index is 0.136. The largest absolute Gasteiger partial charge is 0.326 e. The molecule has 3 aromatic carbocycles. The first-order valence-electron chi connectivity index (χ1n) is 10.4. The highest BCUT2D eigenvalue weighted by Gasteiger charge is 2.31. The fourth-order valence-electron chi connectivity index (χ4n) is 4.22. The molecule has 0 radical (unpaired) electrons. The Morgan fingerprint density at radius 3 is 2.58 bits per heavy atom. The van der Waals surface area contributed by atoms with E-state index < -0.39 is 6.04 Å². The van der Waals surface area contributed by atoms with Crippen LogP contribution in [0.15, 0.2) is 70.5 Å². The standard InChI is InChI=1S/C25H20Cl2N4O2/c1-30-21-10-8-16(26)13-17(21)23(15-7-9-19-22(12-15)31(2)25(33)29-19)28-20(24(30)32)11-14-5-3-4-6-18(14)27/h3-10,12-13,20H,11H2,1-2H3,(H,29,33). The molecule has 5 rings (SSSR count). The third kappa shape index (κ3) is 3.75. The van der Waals surface area contributed by atoms with Crippen LogP contribution in [-0.2, 0) is 18.3 Å². The van der Waals surface area contributed by atoms with Gasteiger partial charge in [-0.2, -0.15) is 0 Å². The predicted molar refractivity (Wildman–Crippen MR) is 133 cm³/mol. The molecule has 1 atom stereocenters. The summed E-state index contributed by atoms with van der Waals surface area (Å²) in [6.45, 7) is 0. The molecule has 0 saturated heterocycles. The molecule has 4 aromatic rings. The molecule has 1 amide bonds. The van der Waals surface area contributed by atoms with Gasteiger partial charge in [0, 0.05) is 41.7 Å². The van der Waals surface area contributed by atoms with E-state index in [0.29, 0.717) is 27.9 Å². The summed E-state index contributed by atoms with van der Waals surface area (Å²) in [5.74, 6) is -0.136. The molecule has 2 heterocycles. The van der Waals surface area contributed by atoms with Gasteiger partial charge in [-0.1, -0.05) is 47.5 Å². The second-order valence-electron chi connectivity index (χ2n) is 8.07. The number of aliphatic imine (C=N–C) groups is 1. The van der Waals surface area contributed by atoms with Crippen molar-refractivity contribution in [2.75, 3.05) is 11.9 Å². The van der Waals surface area contributed by atoms with Crippen molar-refractivity contribution in [1.82, 2.24) is 9.55 Å². The van der Waals surface area contributed by atoms with E-state index in [1.165, 1.54) is 0 Å². The Morgan fingerprint density at radius 2 is 1.79 bits per heavy atom. The lowest BCUT2D eigenvalue weighted by molar-refractivity contribution is -0.119. The van der Waals surface area contributed by atoms with Crippen LogP contribution in [0.5, 0.6) is 0 Å². The number of fused-ring (bicyclic) bond motifs is 2. The van der Waals surface area contributed by atoms with E-state index in [1.54, 1.807) is 35.7 Å². The predicted octanol–water partition coefficient (Wildman–Crippen LogP) is 4.60. The zero-order chi connectivity index (χ0) is 23.3. The number of hydrogen-bond donors (Lipinski definition) is 1. The minimum Gasteiger partial charge on any atom is -0.313 e. The molecule has 0 fully saturated rings. The molecule has 6 nitrogen and oxygen atoms in total. The zero-order valence-corrected chi connectivity index (χ0v) is 19.5. The number of rotatable bonds is 3. The molecular formula is C25H20Cl2N4O2. The van der Waals surface area contributed by atoms with E-state index in [-0.39, 0.29) is 11.6 Å². The first-order valence-corrected chi connectivity index (χ1v) is 11.2. The van der Waals surface area contributed by atoms with E-state index in [1.807, 2.05) is 48.5 Å². The topological polar surface area (TPSA) is 70.5 Å². The fourth-order valence-corrected chi connectivity index (χ4v) is 4.60. The Kier molecular flexibility index (Phi) is 5.35. The SMILES string of the molecule is CN1C(=O)C(Cc2ccccc2Cl)N=C(c2ccc3[nH]c(=O)n(C)c3c2)c2cc(Cl)ccc21. The van der Waals surface area contributed by atoms with Gasteiger partial charge in [-0.15, -0.1) is 0 Å². The molecule has 0 spiro atoms. The monoisotopic (exact) mass is 478 g/mol. The molecule has 0 saturated carbocycles.